The molecule has 2 aromatic carbocycles. The first-order valence-electron chi connectivity index (χ1n) is 9.70. The molecule has 2 rings (SSSR count). The zero-order valence-electron chi connectivity index (χ0n) is 17.3. The average Bonchev–Trinajstić information content (AvgIpc) is 2.75. The summed E-state index contributed by atoms with van der Waals surface area (Å²) in [4.78, 5) is 26.6. The number of nitrogens with zero attached hydrogens (tertiary/aromatic N) is 2. The first-order chi connectivity index (χ1) is 15.2. The van der Waals surface area contributed by atoms with Crippen molar-refractivity contribution in [3.8, 4) is 0 Å². The molecular weight excluding hydrogens is 439 g/mol. The van der Waals surface area contributed by atoms with E-state index in [9.17, 15) is 28.2 Å². The van der Waals surface area contributed by atoms with Gasteiger partial charge in [0.2, 0.25) is 21.9 Å². The van der Waals surface area contributed by atoms with Crippen molar-refractivity contribution in [2.75, 3.05) is 6.54 Å². The quantitative estimate of drug-likeness (QED) is 0.0631. The van der Waals surface area contributed by atoms with E-state index in [1.165, 1.54) is 13.0 Å². The Kier molecular flexibility index (Phi) is 9.07. The number of hydrogen-bond donors (Lipinski definition) is 6. The smallest absolute Gasteiger partial charge is 0.426 e. The van der Waals surface area contributed by atoms with E-state index < -0.39 is 35.0 Å². The van der Waals surface area contributed by atoms with Gasteiger partial charge in [-0.2, -0.15) is 4.72 Å². The van der Waals surface area contributed by atoms with E-state index in [1.807, 2.05) is 5.43 Å². The van der Waals surface area contributed by atoms with Gasteiger partial charge in [0.05, 0.1) is 16.1 Å². The molecule has 1 amide bonds. The van der Waals surface area contributed by atoms with Gasteiger partial charge < -0.3 is 21.1 Å². The predicted molar refractivity (Wildman–Crippen MR) is 121 cm³/mol. The van der Waals surface area contributed by atoms with Gasteiger partial charge in [-0.05, 0) is 31.2 Å². The van der Waals surface area contributed by atoms with E-state index in [0.717, 1.165) is 5.39 Å². The fourth-order valence-electron chi connectivity index (χ4n) is 2.90. The molecule has 0 radical (unpaired) electrons. The lowest BCUT2D eigenvalue weighted by Crippen LogP contribution is -2.52. The zero-order chi connectivity index (χ0) is 23.7. The summed E-state index contributed by atoms with van der Waals surface area (Å²) < 4.78 is 28.6. The van der Waals surface area contributed by atoms with Gasteiger partial charge in [0.1, 0.15) is 6.04 Å². The monoisotopic (exact) mass is 464 g/mol. The summed E-state index contributed by atoms with van der Waals surface area (Å²) in [7, 11) is -5.93. The number of nitrogens with one attached hydrogen (secondary N) is 3. The number of aliphatic imine (C=N–C) groups is 1. The number of hydrogen-bond acceptors (Lipinski definition) is 8. The van der Waals surface area contributed by atoms with Gasteiger partial charge >= 0.3 is 7.12 Å². The number of carbonyl (C=O) groups is 1. The van der Waals surface area contributed by atoms with Crippen LogP contribution in [-0.4, -0.2) is 56.0 Å². The summed E-state index contributed by atoms with van der Waals surface area (Å²) in [5, 5.41) is 24.4. The third-order valence-corrected chi connectivity index (χ3v) is 6.09. The van der Waals surface area contributed by atoms with Crippen LogP contribution >= 0.6 is 0 Å². The predicted octanol–water partition coefficient (Wildman–Crippen LogP) is -0.631. The fraction of sp³-hybridized carbons (Fsp3) is 0.333. The highest BCUT2D eigenvalue weighted by Gasteiger charge is 2.29. The molecule has 0 saturated heterocycles. The molecule has 0 spiro atoms. The number of carbonyl (C=O) groups excluding carboxylic acids is 1. The summed E-state index contributed by atoms with van der Waals surface area (Å²) in [5.74, 6) is -1.98. The van der Waals surface area contributed by atoms with Crippen LogP contribution in [-0.2, 0) is 14.8 Å². The summed E-state index contributed by atoms with van der Waals surface area (Å²) in [6.07, 6.45) is 0.253. The van der Waals surface area contributed by atoms with E-state index >= 15 is 0 Å². The van der Waals surface area contributed by atoms with Crippen molar-refractivity contribution in [3.63, 3.8) is 0 Å². The first kappa shape index (κ1) is 25.2. The molecule has 14 heteroatoms. The van der Waals surface area contributed by atoms with Gasteiger partial charge in [-0.15, -0.1) is 4.91 Å². The van der Waals surface area contributed by atoms with Crippen LogP contribution in [0.3, 0.4) is 0 Å². The van der Waals surface area contributed by atoms with Crippen LogP contribution in [0.1, 0.15) is 19.8 Å². The molecule has 7 N–H and O–H groups in total. The number of amides is 1. The largest absolute Gasteiger partial charge is 0.475 e. The third kappa shape index (κ3) is 6.98. The number of sulfonamides is 1. The maximum Gasteiger partial charge on any atom is 0.475 e. The van der Waals surface area contributed by atoms with Gasteiger partial charge in [0.25, 0.3) is 0 Å². The van der Waals surface area contributed by atoms with Crippen molar-refractivity contribution in [2.24, 2.45) is 16.0 Å². The highest BCUT2D eigenvalue weighted by molar-refractivity contribution is 7.89. The third-order valence-electron chi connectivity index (χ3n) is 4.56. The van der Waals surface area contributed by atoms with Crippen molar-refractivity contribution < 1.29 is 23.3 Å². The maximum atomic E-state index is 13.1. The lowest BCUT2D eigenvalue weighted by atomic mass is 9.81. The van der Waals surface area contributed by atoms with E-state index in [4.69, 9.17) is 5.73 Å². The van der Waals surface area contributed by atoms with Crippen molar-refractivity contribution in [1.29, 1.82) is 0 Å². The van der Waals surface area contributed by atoms with Crippen LogP contribution in [0.4, 0.5) is 0 Å². The number of benzene rings is 2. The van der Waals surface area contributed by atoms with Gasteiger partial charge in [0, 0.05) is 11.9 Å². The van der Waals surface area contributed by atoms with Crippen LogP contribution in [0.5, 0.6) is 0 Å². The SMILES string of the molecule is CC(NC(=O)[C@H](CCCN=C(N)NN=O)NS(=O)(=O)c1cccc2ccccc12)B(O)O. The Hall–Kier alpha value is -3.07. The van der Waals surface area contributed by atoms with Crippen LogP contribution in [0, 0.1) is 4.91 Å². The Morgan fingerprint density at radius 3 is 2.56 bits per heavy atom. The molecule has 0 bridgehead atoms. The second-order valence-corrected chi connectivity index (χ2v) is 8.66. The Morgan fingerprint density at radius 2 is 1.88 bits per heavy atom. The summed E-state index contributed by atoms with van der Waals surface area (Å²) in [6, 6.07) is 10.5. The van der Waals surface area contributed by atoms with E-state index in [2.05, 4.69) is 20.3 Å². The number of nitroso groups, excluding NO2 is 1. The number of fused-ring (bicyclic) bond motifs is 1. The molecule has 12 nitrogen and oxygen atoms in total. The van der Waals surface area contributed by atoms with Crippen molar-refractivity contribution in [3.05, 3.63) is 47.4 Å². The maximum absolute atomic E-state index is 13.1. The Labute approximate surface area is 185 Å². The molecule has 0 aromatic heterocycles. The molecule has 32 heavy (non-hydrogen) atoms. The summed E-state index contributed by atoms with van der Waals surface area (Å²) in [5.41, 5.74) is 7.31. The average molecular weight is 464 g/mol. The minimum Gasteiger partial charge on any atom is -0.426 e. The van der Waals surface area contributed by atoms with Gasteiger partial charge in [-0.1, -0.05) is 36.4 Å². The van der Waals surface area contributed by atoms with Crippen molar-refractivity contribution in [1.82, 2.24) is 15.5 Å². The second-order valence-electron chi connectivity index (χ2n) is 6.97. The highest BCUT2D eigenvalue weighted by atomic mass is 32.2. The lowest BCUT2D eigenvalue weighted by molar-refractivity contribution is -0.123. The van der Waals surface area contributed by atoms with Gasteiger partial charge in [-0.25, -0.2) is 13.8 Å². The number of rotatable bonds is 11. The lowest BCUT2D eigenvalue weighted by Gasteiger charge is -2.21. The molecule has 0 fully saturated rings. The first-order valence-corrected chi connectivity index (χ1v) is 11.2. The van der Waals surface area contributed by atoms with Crippen LogP contribution in [0.15, 0.2) is 57.6 Å². The molecular formula is C18H25BN6O6S. The van der Waals surface area contributed by atoms with Gasteiger partial charge in [-0.3, -0.25) is 9.79 Å². The standard InChI is InChI=1S/C18H25BN6O6S/c1-12(19(27)28)22-17(26)15(9-5-11-21-18(20)23-25-29)24-32(30,31)16-10-4-7-13-6-2-3-8-14(13)16/h2-4,6-8,10,12,15,24,27-28H,5,9,11H2,1H3,(H,22,26)(H3,20,21,23,29)/t12?,15-/m0/s1. The minimum absolute atomic E-state index is 0.00663. The molecule has 0 aliphatic rings. The summed E-state index contributed by atoms with van der Waals surface area (Å²) in [6.45, 7) is 1.45. The Balaban J connectivity index is 2.24. The Bertz CT molecular complexity index is 1080. The van der Waals surface area contributed by atoms with E-state index in [1.54, 1.807) is 36.4 Å². The van der Waals surface area contributed by atoms with Crippen molar-refractivity contribution in [2.45, 2.75) is 36.6 Å². The second kappa shape index (κ2) is 11.5. The van der Waals surface area contributed by atoms with Crippen LogP contribution in [0.25, 0.3) is 10.8 Å². The zero-order valence-corrected chi connectivity index (χ0v) is 18.1. The van der Waals surface area contributed by atoms with E-state index in [-0.39, 0.29) is 30.2 Å². The molecule has 2 aromatic rings. The Morgan fingerprint density at radius 1 is 1.19 bits per heavy atom. The number of nitrogens with two attached hydrogens (primary N) is 1. The normalized spacial score (nSPS) is 13.9. The molecule has 0 saturated carbocycles. The molecule has 0 heterocycles. The van der Waals surface area contributed by atoms with Crippen LogP contribution < -0.4 is 21.2 Å². The topological polar surface area (TPSA) is 196 Å². The minimum atomic E-state index is -4.11. The van der Waals surface area contributed by atoms with Crippen molar-refractivity contribution >= 4 is 39.8 Å². The molecule has 2 atom stereocenters. The van der Waals surface area contributed by atoms with Crippen LogP contribution in [0.2, 0.25) is 0 Å². The molecule has 1 unspecified atom stereocenters. The molecule has 0 aliphatic heterocycles. The number of guanidine groups is 1. The van der Waals surface area contributed by atoms with E-state index in [0.29, 0.717) is 5.39 Å². The highest BCUT2D eigenvalue weighted by Crippen LogP contribution is 2.23. The summed E-state index contributed by atoms with van der Waals surface area (Å²) >= 11 is 0. The molecule has 172 valence electrons. The van der Waals surface area contributed by atoms with Gasteiger partial charge in [0.15, 0.2) is 0 Å². The fourth-order valence-corrected chi connectivity index (χ4v) is 4.36. The molecule has 0 aliphatic carbocycles.